The molecule has 4 aliphatic heterocycles. The zero-order chi connectivity index (χ0) is 40.8. The first kappa shape index (κ1) is 38.9. The van der Waals surface area contributed by atoms with Crippen LogP contribution >= 0.6 is 11.8 Å². The van der Waals surface area contributed by atoms with Gasteiger partial charge in [0.25, 0.3) is 11.8 Å². The molecule has 59 heavy (non-hydrogen) atoms. The number of hydrogen-bond donors (Lipinski definition) is 1. The molecule has 0 radical (unpaired) electrons. The molecule has 1 N–H and O–H groups in total. The number of nitrogens with one attached hydrogen (secondary N) is 1. The van der Waals surface area contributed by atoms with E-state index in [1.54, 1.807) is 7.11 Å². The molecule has 4 heterocycles. The first-order valence-electron chi connectivity index (χ1n) is 20.7. The fourth-order valence-electron chi connectivity index (χ4n) is 9.14. The Labute approximate surface area is 351 Å². The maximum atomic E-state index is 14.1. The van der Waals surface area contributed by atoms with Gasteiger partial charge in [0.1, 0.15) is 19.0 Å². The molecule has 9 nitrogen and oxygen atoms in total. The van der Waals surface area contributed by atoms with Crippen LogP contribution in [0.2, 0.25) is 0 Å². The molecule has 0 aliphatic carbocycles. The summed E-state index contributed by atoms with van der Waals surface area (Å²) in [4.78, 5) is 34.2. The molecule has 304 valence electrons. The minimum atomic E-state index is -0.0185. The average molecular weight is 809 g/mol. The lowest BCUT2D eigenvalue weighted by Crippen LogP contribution is -2.41. The Morgan fingerprint density at radius 2 is 1.36 bits per heavy atom. The second-order valence-electron chi connectivity index (χ2n) is 16.7. The number of benzene rings is 5. The van der Waals surface area contributed by atoms with Crippen molar-refractivity contribution in [1.29, 1.82) is 0 Å². The van der Waals surface area contributed by atoms with Crippen molar-refractivity contribution in [1.82, 2.24) is 0 Å². The zero-order valence-electron chi connectivity index (χ0n) is 34.5. The maximum Gasteiger partial charge on any atom is 0.260 e. The molecule has 4 aliphatic rings. The number of ether oxygens (including phenoxy) is 3. The second-order valence-corrected chi connectivity index (χ2v) is 17.9. The van der Waals surface area contributed by atoms with Crippen molar-refractivity contribution in [3.05, 3.63) is 136 Å². The van der Waals surface area contributed by atoms with E-state index in [9.17, 15) is 9.59 Å². The molecular formula is C49H52N4O5S. The topological polar surface area (TPSA) is 83.6 Å². The number of rotatable bonds is 12. The monoisotopic (exact) mass is 808 g/mol. The highest BCUT2D eigenvalue weighted by atomic mass is 32.2. The Hall–Kier alpha value is -5.61. The molecule has 0 spiro atoms. The highest BCUT2D eigenvalue weighted by Crippen LogP contribution is 2.43. The second kappa shape index (κ2) is 16.2. The fourth-order valence-corrected chi connectivity index (χ4v) is 10.2. The van der Waals surface area contributed by atoms with E-state index in [2.05, 4.69) is 54.4 Å². The van der Waals surface area contributed by atoms with E-state index in [4.69, 9.17) is 14.2 Å². The highest BCUT2D eigenvalue weighted by molar-refractivity contribution is 7.99. The molecule has 10 heteroatoms. The number of likely N-dealkylation sites (N-methyl/N-ethyl adjacent to an activating group) is 1. The maximum absolute atomic E-state index is 14.1. The van der Waals surface area contributed by atoms with Gasteiger partial charge < -0.3 is 34.2 Å². The SMILES string of the molecule is COc1cc2c(cc1OCc1cc(CCSCC(C)C)cc(COc3cc4c(cc3C)C(=O)N3c5ccccc5C[C@H]3CN4)c1)N(C)C[C@@H]1Cc3ccccc3N1C2=O. The first-order chi connectivity index (χ1) is 28.6. The number of methoxy groups -OCH3 is 1. The van der Waals surface area contributed by atoms with Crippen molar-refractivity contribution in [3.8, 4) is 17.2 Å². The van der Waals surface area contributed by atoms with Crippen LogP contribution in [0.15, 0.2) is 91.0 Å². The number of fused-ring (bicyclic) bond motifs is 8. The molecule has 0 fully saturated rings. The van der Waals surface area contributed by atoms with Crippen LogP contribution in [0.5, 0.6) is 17.2 Å². The summed E-state index contributed by atoms with van der Waals surface area (Å²) in [5.74, 6) is 4.66. The quantitative estimate of drug-likeness (QED) is 0.125. The van der Waals surface area contributed by atoms with E-state index in [1.165, 1.54) is 16.7 Å². The number of amides is 2. The molecule has 0 saturated heterocycles. The lowest BCUT2D eigenvalue weighted by Gasteiger charge is -2.25. The smallest absolute Gasteiger partial charge is 0.260 e. The van der Waals surface area contributed by atoms with Crippen LogP contribution < -0.4 is 34.2 Å². The molecule has 0 aromatic heterocycles. The van der Waals surface area contributed by atoms with E-state index in [1.807, 2.05) is 96.2 Å². The van der Waals surface area contributed by atoms with Crippen LogP contribution in [0.1, 0.15) is 67.9 Å². The Morgan fingerprint density at radius 3 is 2.05 bits per heavy atom. The number of para-hydroxylation sites is 2. The van der Waals surface area contributed by atoms with Crippen molar-refractivity contribution < 1.29 is 23.8 Å². The molecule has 0 unspecified atom stereocenters. The van der Waals surface area contributed by atoms with Crippen LogP contribution in [-0.2, 0) is 32.5 Å². The van der Waals surface area contributed by atoms with Gasteiger partial charge in [-0.15, -0.1) is 0 Å². The van der Waals surface area contributed by atoms with Gasteiger partial charge >= 0.3 is 0 Å². The number of carbonyl (C=O) groups excluding carboxylic acids is 2. The summed E-state index contributed by atoms with van der Waals surface area (Å²) in [6.07, 6.45) is 2.60. The van der Waals surface area contributed by atoms with E-state index in [-0.39, 0.29) is 23.9 Å². The average Bonchev–Trinajstić information content (AvgIpc) is 3.73. The molecular weight excluding hydrogens is 757 g/mol. The van der Waals surface area contributed by atoms with Gasteiger partial charge in [0.15, 0.2) is 11.5 Å². The lowest BCUT2D eigenvalue weighted by atomic mass is 10.0. The van der Waals surface area contributed by atoms with Crippen LogP contribution in [-0.4, -0.2) is 62.7 Å². The zero-order valence-corrected chi connectivity index (χ0v) is 35.4. The Bertz CT molecular complexity index is 2430. The number of carbonyl (C=O) groups is 2. The number of anilines is 4. The minimum Gasteiger partial charge on any atom is -0.493 e. The number of nitrogens with zero attached hydrogens (tertiary/aromatic N) is 3. The number of aryl methyl sites for hydroxylation is 2. The van der Waals surface area contributed by atoms with Crippen LogP contribution in [0.4, 0.5) is 22.7 Å². The largest absolute Gasteiger partial charge is 0.493 e. The predicted octanol–water partition coefficient (Wildman–Crippen LogP) is 9.11. The van der Waals surface area contributed by atoms with Gasteiger partial charge in [0, 0.05) is 43.6 Å². The molecule has 2 atom stereocenters. The summed E-state index contributed by atoms with van der Waals surface area (Å²) in [6, 6.07) is 30.9. The van der Waals surface area contributed by atoms with E-state index in [0.717, 1.165) is 76.0 Å². The van der Waals surface area contributed by atoms with E-state index in [0.29, 0.717) is 54.8 Å². The molecule has 5 aromatic rings. The normalized spacial score (nSPS) is 17.6. The number of thioether (sulfide) groups is 1. The summed E-state index contributed by atoms with van der Waals surface area (Å²) in [7, 11) is 3.67. The summed E-state index contributed by atoms with van der Waals surface area (Å²) in [5, 5.41) is 3.57. The van der Waals surface area contributed by atoms with Crippen LogP contribution in [0, 0.1) is 12.8 Å². The molecule has 0 bridgehead atoms. The molecule has 0 saturated carbocycles. The first-order valence-corrected chi connectivity index (χ1v) is 21.9. The molecule has 9 rings (SSSR count). The Kier molecular flexibility index (Phi) is 10.7. The van der Waals surface area contributed by atoms with Gasteiger partial charge in [-0.3, -0.25) is 9.59 Å². The minimum absolute atomic E-state index is 0.0185. The predicted molar refractivity (Wildman–Crippen MR) is 238 cm³/mol. The van der Waals surface area contributed by atoms with Crippen molar-refractivity contribution in [2.45, 2.75) is 65.3 Å². The van der Waals surface area contributed by atoms with Crippen molar-refractivity contribution in [2.24, 2.45) is 5.92 Å². The van der Waals surface area contributed by atoms with Crippen LogP contribution in [0.25, 0.3) is 0 Å². The summed E-state index contributed by atoms with van der Waals surface area (Å²) in [6.45, 7) is 8.59. The van der Waals surface area contributed by atoms with Gasteiger partial charge in [0.2, 0.25) is 0 Å². The highest BCUT2D eigenvalue weighted by Gasteiger charge is 2.40. The third kappa shape index (κ3) is 7.59. The van der Waals surface area contributed by atoms with Gasteiger partial charge in [-0.1, -0.05) is 62.4 Å². The van der Waals surface area contributed by atoms with Gasteiger partial charge in [-0.25, -0.2) is 0 Å². The van der Waals surface area contributed by atoms with E-state index >= 15 is 0 Å². The standard InChI is InChI=1S/C49H52N4O5S/c1-30(2)29-59-15-14-32-17-33(27-57-45-23-41-39(16-31(45)3)48(54)52-37(25-50-41)20-35-10-6-8-12-42(35)52)19-34(18-32)28-58-47-24-44-40(22-46(47)56-5)49(55)53-38(26-51(44)4)21-36-11-7-9-13-43(36)53/h6-13,16-19,22-24,30,37-38,50H,14-15,20-21,25-29H2,1-5H3/t37-,38-/m0/s1. The Morgan fingerprint density at radius 1 is 0.729 bits per heavy atom. The Balaban J connectivity index is 0.948. The third-order valence-corrected chi connectivity index (χ3v) is 13.3. The molecule has 5 aromatic carbocycles. The molecule has 2 amide bonds. The summed E-state index contributed by atoms with van der Waals surface area (Å²) in [5.41, 5.74) is 11.5. The summed E-state index contributed by atoms with van der Waals surface area (Å²) >= 11 is 1.98. The van der Waals surface area contributed by atoms with Crippen LogP contribution in [0.3, 0.4) is 0 Å². The van der Waals surface area contributed by atoms with Crippen molar-refractivity contribution >= 4 is 46.3 Å². The third-order valence-electron chi connectivity index (χ3n) is 12.0. The van der Waals surface area contributed by atoms with E-state index < -0.39 is 0 Å². The van der Waals surface area contributed by atoms with Gasteiger partial charge in [-0.05, 0) is 107 Å². The number of hydrogen-bond acceptors (Lipinski definition) is 8. The van der Waals surface area contributed by atoms with Gasteiger partial charge in [0.05, 0.1) is 41.7 Å². The summed E-state index contributed by atoms with van der Waals surface area (Å²) < 4.78 is 19.0. The van der Waals surface area contributed by atoms with Crippen molar-refractivity contribution in [3.63, 3.8) is 0 Å². The lowest BCUT2D eigenvalue weighted by molar-refractivity contribution is 0.0975. The fraction of sp³-hybridized carbons (Fsp3) is 0.347. The van der Waals surface area contributed by atoms with Crippen molar-refractivity contribution in [2.75, 3.05) is 58.8 Å². The van der Waals surface area contributed by atoms with Gasteiger partial charge in [-0.2, -0.15) is 11.8 Å².